The molecule has 0 aromatic carbocycles. The molecule has 0 fully saturated rings. The minimum atomic E-state index is 0.496. The highest BCUT2D eigenvalue weighted by Gasteiger charge is 2.06. The maximum atomic E-state index is 6.06. The minimum Gasteiger partial charge on any atom is -0.467 e. The smallest absolute Gasteiger partial charge is 0.166 e. The average molecular weight is 299 g/mol. The van der Waals surface area contributed by atoms with Crippen LogP contribution in [0.2, 0.25) is 5.02 Å². The van der Waals surface area contributed by atoms with Gasteiger partial charge in [0.1, 0.15) is 11.5 Å². The van der Waals surface area contributed by atoms with Crippen molar-refractivity contribution in [3.05, 3.63) is 41.1 Å². The van der Waals surface area contributed by atoms with Gasteiger partial charge in [-0.15, -0.1) is 0 Å². The maximum Gasteiger partial charge on any atom is 0.166 e. The molecule has 2 aromatic heterocycles. The van der Waals surface area contributed by atoms with E-state index in [1.807, 2.05) is 19.1 Å². The summed E-state index contributed by atoms with van der Waals surface area (Å²) in [5.74, 6) is 0.831. The lowest BCUT2D eigenvalue weighted by Crippen LogP contribution is -2.34. The first-order valence-electron chi connectivity index (χ1n) is 5.95. The summed E-state index contributed by atoms with van der Waals surface area (Å²) in [6.07, 6.45) is 3.43. The Kier molecular flexibility index (Phi) is 4.81. The molecule has 0 amide bonds. The standard InChI is InChI=1S/C12H15ClN4OS/c1-2-17-8-10(13)11(16-17)7-15-12(19)14-6-9-4-3-5-18-9/h3-5,8H,2,6-7H2,1H3,(H2,14,15,19). The minimum absolute atomic E-state index is 0.496. The van der Waals surface area contributed by atoms with Crippen molar-refractivity contribution in [2.24, 2.45) is 0 Å². The van der Waals surface area contributed by atoms with Crippen LogP contribution in [0.15, 0.2) is 29.0 Å². The molecule has 0 atom stereocenters. The third-order valence-corrected chi connectivity index (χ3v) is 3.14. The fourth-order valence-electron chi connectivity index (χ4n) is 1.53. The first-order chi connectivity index (χ1) is 9.19. The summed E-state index contributed by atoms with van der Waals surface area (Å²) in [6.45, 7) is 3.85. The van der Waals surface area contributed by atoms with Crippen LogP contribution >= 0.6 is 23.8 Å². The molecule has 5 nitrogen and oxygen atoms in total. The molecule has 19 heavy (non-hydrogen) atoms. The van der Waals surface area contributed by atoms with Crippen LogP contribution in [0.25, 0.3) is 0 Å². The quantitative estimate of drug-likeness (QED) is 0.830. The number of hydrogen-bond acceptors (Lipinski definition) is 3. The summed E-state index contributed by atoms with van der Waals surface area (Å²) >= 11 is 11.2. The molecule has 7 heteroatoms. The highest BCUT2D eigenvalue weighted by molar-refractivity contribution is 7.80. The van der Waals surface area contributed by atoms with Crippen molar-refractivity contribution in [1.29, 1.82) is 0 Å². The molecule has 0 aliphatic carbocycles. The van der Waals surface area contributed by atoms with Gasteiger partial charge < -0.3 is 15.1 Å². The Hall–Kier alpha value is -1.53. The Balaban J connectivity index is 1.78. The highest BCUT2D eigenvalue weighted by Crippen LogP contribution is 2.13. The van der Waals surface area contributed by atoms with Gasteiger partial charge in [-0.3, -0.25) is 4.68 Å². The number of hydrogen-bond donors (Lipinski definition) is 2. The van der Waals surface area contributed by atoms with E-state index in [0.717, 1.165) is 18.0 Å². The van der Waals surface area contributed by atoms with E-state index >= 15 is 0 Å². The second kappa shape index (κ2) is 6.58. The van der Waals surface area contributed by atoms with Gasteiger partial charge in [-0.25, -0.2) is 0 Å². The lowest BCUT2D eigenvalue weighted by atomic mass is 10.4. The van der Waals surface area contributed by atoms with Crippen LogP contribution in [0.5, 0.6) is 0 Å². The Morgan fingerprint density at radius 2 is 2.26 bits per heavy atom. The molecule has 0 saturated heterocycles. The van der Waals surface area contributed by atoms with Gasteiger partial charge in [-0.05, 0) is 31.3 Å². The molecule has 0 aliphatic heterocycles. The van der Waals surface area contributed by atoms with Crippen molar-refractivity contribution in [3.8, 4) is 0 Å². The first kappa shape index (κ1) is 13.9. The Morgan fingerprint density at radius 1 is 1.47 bits per heavy atom. The van der Waals surface area contributed by atoms with Gasteiger partial charge in [-0.2, -0.15) is 5.10 Å². The summed E-state index contributed by atoms with van der Waals surface area (Å²) < 4.78 is 6.99. The van der Waals surface area contributed by atoms with Gasteiger partial charge in [0, 0.05) is 12.7 Å². The lowest BCUT2D eigenvalue weighted by Gasteiger charge is -2.08. The van der Waals surface area contributed by atoms with Crippen LogP contribution in [-0.4, -0.2) is 14.9 Å². The largest absolute Gasteiger partial charge is 0.467 e. The van der Waals surface area contributed by atoms with Gasteiger partial charge in [0.05, 0.1) is 24.4 Å². The molecule has 2 heterocycles. The molecule has 2 N–H and O–H groups in total. The zero-order valence-corrected chi connectivity index (χ0v) is 12.1. The summed E-state index contributed by atoms with van der Waals surface area (Å²) in [6, 6.07) is 3.72. The van der Waals surface area contributed by atoms with E-state index in [4.69, 9.17) is 28.2 Å². The average Bonchev–Trinajstić information content (AvgIpc) is 3.03. The summed E-state index contributed by atoms with van der Waals surface area (Å²) in [5, 5.41) is 11.6. The zero-order valence-electron chi connectivity index (χ0n) is 10.5. The molecular formula is C12H15ClN4OS. The van der Waals surface area contributed by atoms with Crippen molar-refractivity contribution in [2.75, 3.05) is 0 Å². The maximum absolute atomic E-state index is 6.06. The molecular weight excluding hydrogens is 284 g/mol. The molecule has 2 aromatic rings. The number of aryl methyl sites for hydroxylation is 1. The van der Waals surface area contributed by atoms with Crippen LogP contribution in [0.3, 0.4) is 0 Å². The third-order valence-electron chi connectivity index (χ3n) is 2.53. The highest BCUT2D eigenvalue weighted by atomic mass is 35.5. The zero-order chi connectivity index (χ0) is 13.7. The number of aromatic nitrogens is 2. The van der Waals surface area contributed by atoms with E-state index in [1.165, 1.54) is 0 Å². The van der Waals surface area contributed by atoms with Crippen LogP contribution in [0, 0.1) is 0 Å². The Morgan fingerprint density at radius 3 is 2.89 bits per heavy atom. The predicted molar refractivity (Wildman–Crippen MR) is 77.9 cm³/mol. The van der Waals surface area contributed by atoms with Crippen LogP contribution in [-0.2, 0) is 19.6 Å². The van der Waals surface area contributed by atoms with Gasteiger partial charge in [-0.1, -0.05) is 11.6 Å². The van der Waals surface area contributed by atoms with Gasteiger partial charge in [0.15, 0.2) is 5.11 Å². The number of halogens is 1. The van der Waals surface area contributed by atoms with E-state index in [-0.39, 0.29) is 0 Å². The van der Waals surface area contributed by atoms with Crippen LogP contribution < -0.4 is 10.6 Å². The lowest BCUT2D eigenvalue weighted by molar-refractivity contribution is 0.502. The normalized spacial score (nSPS) is 10.4. The van der Waals surface area contributed by atoms with Gasteiger partial charge in [0.2, 0.25) is 0 Å². The molecule has 0 aliphatic rings. The van der Waals surface area contributed by atoms with Crippen molar-refractivity contribution in [2.45, 2.75) is 26.6 Å². The van der Waals surface area contributed by atoms with E-state index in [9.17, 15) is 0 Å². The van der Waals surface area contributed by atoms with Crippen LogP contribution in [0.4, 0.5) is 0 Å². The monoisotopic (exact) mass is 298 g/mol. The predicted octanol–water partition coefficient (Wildman–Crippen LogP) is 2.31. The Bertz CT molecular complexity index is 538. The number of nitrogens with zero attached hydrogens (tertiary/aromatic N) is 2. The van der Waals surface area contributed by atoms with Crippen molar-refractivity contribution < 1.29 is 4.42 Å². The third kappa shape index (κ3) is 3.97. The van der Waals surface area contributed by atoms with Gasteiger partial charge >= 0.3 is 0 Å². The fraction of sp³-hybridized carbons (Fsp3) is 0.333. The molecule has 0 bridgehead atoms. The molecule has 0 saturated carbocycles. The van der Waals surface area contributed by atoms with E-state index in [1.54, 1.807) is 17.1 Å². The SMILES string of the molecule is CCn1cc(Cl)c(CNC(=S)NCc2ccco2)n1. The number of thiocarbonyl (C=S) groups is 1. The van der Waals surface area contributed by atoms with E-state index in [2.05, 4.69) is 15.7 Å². The first-order valence-corrected chi connectivity index (χ1v) is 6.73. The van der Waals surface area contributed by atoms with Crippen molar-refractivity contribution in [3.63, 3.8) is 0 Å². The van der Waals surface area contributed by atoms with Crippen molar-refractivity contribution >= 4 is 28.9 Å². The number of furan rings is 1. The summed E-state index contributed by atoms with van der Waals surface area (Å²) in [5.41, 5.74) is 0.783. The second-order valence-corrected chi connectivity index (χ2v) is 4.71. The van der Waals surface area contributed by atoms with E-state index < -0.39 is 0 Å². The van der Waals surface area contributed by atoms with Gasteiger partial charge in [0.25, 0.3) is 0 Å². The molecule has 102 valence electrons. The van der Waals surface area contributed by atoms with E-state index in [0.29, 0.717) is 23.2 Å². The number of rotatable bonds is 5. The topological polar surface area (TPSA) is 55.0 Å². The second-order valence-electron chi connectivity index (χ2n) is 3.90. The molecule has 0 unspecified atom stereocenters. The molecule has 0 radical (unpaired) electrons. The summed E-state index contributed by atoms with van der Waals surface area (Å²) in [4.78, 5) is 0. The summed E-state index contributed by atoms with van der Waals surface area (Å²) in [7, 11) is 0. The molecule has 2 rings (SSSR count). The number of nitrogens with one attached hydrogen (secondary N) is 2. The van der Waals surface area contributed by atoms with Crippen LogP contribution in [0.1, 0.15) is 18.4 Å². The molecule has 0 spiro atoms. The Labute approximate surface area is 121 Å². The fourth-order valence-corrected chi connectivity index (χ4v) is 1.89. The van der Waals surface area contributed by atoms with Crippen molar-refractivity contribution in [1.82, 2.24) is 20.4 Å².